The van der Waals surface area contributed by atoms with Crippen LogP contribution in [-0.4, -0.2) is 62.1 Å². The van der Waals surface area contributed by atoms with Gasteiger partial charge in [0.05, 0.1) is 23.7 Å². The Kier molecular flexibility index (Phi) is 6.65. The van der Waals surface area contributed by atoms with Gasteiger partial charge in [-0.2, -0.15) is 0 Å². The molecule has 27 heavy (non-hydrogen) atoms. The molecule has 0 bridgehead atoms. The summed E-state index contributed by atoms with van der Waals surface area (Å²) in [6, 6.07) is 11.1. The van der Waals surface area contributed by atoms with Crippen molar-refractivity contribution in [2.24, 2.45) is 0 Å². The van der Waals surface area contributed by atoms with Gasteiger partial charge in [-0.1, -0.05) is 12.1 Å². The van der Waals surface area contributed by atoms with Crippen LogP contribution in [0.1, 0.15) is 16.1 Å². The molecule has 1 aromatic heterocycles. The van der Waals surface area contributed by atoms with Crippen molar-refractivity contribution in [3.8, 4) is 0 Å². The largest absolute Gasteiger partial charge is 0.343 e. The molecule has 0 radical (unpaired) electrons. The van der Waals surface area contributed by atoms with Crippen LogP contribution in [0.2, 0.25) is 0 Å². The molecular weight excluding hydrogens is 368 g/mol. The second-order valence-electron chi connectivity index (χ2n) is 6.07. The fourth-order valence-corrected chi connectivity index (χ4v) is 3.17. The van der Waals surface area contributed by atoms with Crippen molar-refractivity contribution in [1.29, 1.82) is 0 Å². The molecule has 2 amide bonds. The molecule has 1 heterocycles. The number of rotatable bonds is 7. The van der Waals surface area contributed by atoms with Gasteiger partial charge in [-0.15, -0.1) is 0 Å². The third-order valence-corrected chi connectivity index (χ3v) is 5.64. The number of aromatic nitrogens is 1. The van der Waals surface area contributed by atoms with Crippen molar-refractivity contribution in [3.05, 3.63) is 59.9 Å². The fraction of sp³-hybridized carbons (Fsp3) is 0.278. The predicted molar refractivity (Wildman–Crippen MR) is 100 cm³/mol. The lowest BCUT2D eigenvalue weighted by atomic mass is 10.2. The summed E-state index contributed by atoms with van der Waals surface area (Å²) < 4.78 is 25.4. The number of nitrogens with zero attached hydrogens (tertiary/aromatic N) is 3. The van der Waals surface area contributed by atoms with E-state index in [2.05, 4.69) is 10.3 Å². The molecule has 2 rings (SSSR count). The number of pyridine rings is 1. The average Bonchev–Trinajstić information content (AvgIpc) is 2.66. The molecule has 0 unspecified atom stereocenters. The van der Waals surface area contributed by atoms with E-state index in [-0.39, 0.29) is 22.9 Å². The number of likely N-dealkylation sites (N-methyl/N-ethyl adjacent to an activating group) is 1. The van der Waals surface area contributed by atoms with Gasteiger partial charge in [-0.25, -0.2) is 12.7 Å². The summed E-state index contributed by atoms with van der Waals surface area (Å²) in [5.41, 5.74) is 0.902. The summed E-state index contributed by atoms with van der Waals surface area (Å²) in [4.78, 5) is 30.1. The highest BCUT2D eigenvalue weighted by Gasteiger charge is 2.19. The molecule has 1 aromatic carbocycles. The van der Waals surface area contributed by atoms with Crippen LogP contribution in [-0.2, 0) is 21.4 Å². The molecule has 0 aliphatic carbocycles. The maximum atomic E-state index is 12.3. The monoisotopic (exact) mass is 390 g/mol. The van der Waals surface area contributed by atoms with E-state index >= 15 is 0 Å². The van der Waals surface area contributed by atoms with Crippen LogP contribution in [0.4, 0.5) is 0 Å². The van der Waals surface area contributed by atoms with Gasteiger partial charge < -0.3 is 10.2 Å². The molecule has 2 aromatic rings. The van der Waals surface area contributed by atoms with E-state index < -0.39 is 15.9 Å². The van der Waals surface area contributed by atoms with Crippen molar-refractivity contribution < 1.29 is 18.0 Å². The van der Waals surface area contributed by atoms with Gasteiger partial charge in [0, 0.05) is 32.9 Å². The number of sulfonamides is 1. The highest BCUT2D eigenvalue weighted by Crippen LogP contribution is 2.14. The van der Waals surface area contributed by atoms with Crippen molar-refractivity contribution in [1.82, 2.24) is 19.5 Å². The SMILES string of the molecule is CN(Cc1ccccn1)C(=O)CNC(=O)c1cccc(S(=O)(=O)N(C)C)c1. The first-order valence-electron chi connectivity index (χ1n) is 8.16. The Morgan fingerprint density at radius 3 is 2.44 bits per heavy atom. The van der Waals surface area contributed by atoms with Crippen molar-refractivity contribution in [2.75, 3.05) is 27.7 Å². The number of benzene rings is 1. The van der Waals surface area contributed by atoms with Gasteiger partial charge in [0.15, 0.2) is 0 Å². The van der Waals surface area contributed by atoms with Gasteiger partial charge >= 0.3 is 0 Å². The van der Waals surface area contributed by atoms with Gasteiger partial charge in [-0.05, 0) is 30.3 Å². The van der Waals surface area contributed by atoms with Crippen LogP contribution >= 0.6 is 0 Å². The first-order valence-corrected chi connectivity index (χ1v) is 9.60. The number of hydrogen-bond donors (Lipinski definition) is 1. The summed E-state index contributed by atoms with van der Waals surface area (Å²) in [6.07, 6.45) is 1.64. The Morgan fingerprint density at radius 1 is 1.07 bits per heavy atom. The fourth-order valence-electron chi connectivity index (χ4n) is 2.22. The van der Waals surface area contributed by atoms with E-state index in [1.807, 2.05) is 6.07 Å². The zero-order valence-corrected chi connectivity index (χ0v) is 16.2. The number of nitrogens with one attached hydrogen (secondary N) is 1. The van der Waals surface area contributed by atoms with Crippen molar-refractivity contribution in [3.63, 3.8) is 0 Å². The van der Waals surface area contributed by atoms with Crippen LogP contribution < -0.4 is 5.32 Å². The minimum absolute atomic E-state index is 0.0127. The summed E-state index contributed by atoms with van der Waals surface area (Å²) in [5.74, 6) is -0.809. The lowest BCUT2D eigenvalue weighted by Gasteiger charge is -2.17. The number of carbonyl (C=O) groups excluding carboxylic acids is 2. The molecule has 144 valence electrons. The maximum Gasteiger partial charge on any atom is 0.251 e. The smallest absolute Gasteiger partial charge is 0.251 e. The Bertz CT molecular complexity index is 914. The summed E-state index contributed by atoms with van der Waals surface area (Å²) in [5, 5.41) is 2.51. The van der Waals surface area contributed by atoms with Crippen LogP contribution in [0.5, 0.6) is 0 Å². The number of carbonyl (C=O) groups is 2. The van der Waals surface area contributed by atoms with E-state index in [9.17, 15) is 18.0 Å². The summed E-state index contributed by atoms with van der Waals surface area (Å²) in [6.45, 7) is 0.124. The number of amides is 2. The van der Waals surface area contributed by atoms with Crippen LogP contribution in [0.15, 0.2) is 53.6 Å². The third-order valence-electron chi connectivity index (χ3n) is 3.83. The van der Waals surface area contributed by atoms with Gasteiger partial charge in [-0.3, -0.25) is 14.6 Å². The first-order chi connectivity index (χ1) is 12.7. The quantitative estimate of drug-likeness (QED) is 0.751. The highest BCUT2D eigenvalue weighted by molar-refractivity contribution is 7.89. The van der Waals surface area contributed by atoms with E-state index in [0.29, 0.717) is 6.54 Å². The predicted octanol–water partition coefficient (Wildman–Crippen LogP) is 0.720. The molecule has 0 saturated carbocycles. The molecule has 8 nitrogen and oxygen atoms in total. The molecule has 0 saturated heterocycles. The number of hydrogen-bond acceptors (Lipinski definition) is 5. The Balaban J connectivity index is 1.98. The van der Waals surface area contributed by atoms with E-state index in [1.54, 1.807) is 25.4 Å². The molecule has 0 fully saturated rings. The normalized spacial score (nSPS) is 11.3. The van der Waals surface area contributed by atoms with E-state index in [4.69, 9.17) is 0 Å². The molecule has 1 N–H and O–H groups in total. The zero-order valence-electron chi connectivity index (χ0n) is 15.4. The summed E-state index contributed by atoms with van der Waals surface area (Å²) >= 11 is 0. The molecule has 0 spiro atoms. The minimum Gasteiger partial charge on any atom is -0.343 e. The second kappa shape index (κ2) is 8.74. The summed E-state index contributed by atoms with van der Waals surface area (Å²) in [7, 11) is 0.807. The Hall–Kier alpha value is -2.78. The zero-order chi connectivity index (χ0) is 20.0. The van der Waals surface area contributed by atoms with Crippen molar-refractivity contribution in [2.45, 2.75) is 11.4 Å². The van der Waals surface area contributed by atoms with Crippen LogP contribution in [0.25, 0.3) is 0 Å². The third kappa shape index (κ3) is 5.35. The maximum absolute atomic E-state index is 12.3. The van der Waals surface area contributed by atoms with Gasteiger partial charge in [0.1, 0.15) is 0 Å². The van der Waals surface area contributed by atoms with Crippen LogP contribution in [0, 0.1) is 0 Å². The Labute approximate surface area is 158 Å². The second-order valence-corrected chi connectivity index (χ2v) is 8.22. The van der Waals surface area contributed by atoms with Gasteiger partial charge in [0.25, 0.3) is 5.91 Å². The molecule has 9 heteroatoms. The van der Waals surface area contributed by atoms with E-state index in [1.165, 1.54) is 43.3 Å². The topological polar surface area (TPSA) is 99.7 Å². The average molecular weight is 390 g/mol. The molecule has 0 aliphatic heterocycles. The molecular formula is C18H22N4O4S. The van der Waals surface area contributed by atoms with Crippen molar-refractivity contribution >= 4 is 21.8 Å². The van der Waals surface area contributed by atoms with Gasteiger partial charge in [0.2, 0.25) is 15.9 Å². The first kappa shape index (κ1) is 20.5. The molecule has 0 aliphatic rings. The lowest BCUT2D eigenvalue weighted by Crippen LogP contribution is -2.38. The molecule has 0 atom stereocenters. The van der Waals surface area contributed by atoms with E-state index in [0.717, 1.165) is 10.00 Å². The Morgan fingerprint density at radius 2 is 1.81 bits per heavy atom. The standard InChI is InChI=1S/C18H22N4O4S/c1-21(2)27(25,26)16-9-6-7-14(11-16)18(24)20-12-17(23)22(3)13-15-8-4-5-10-19-15/h4-11H,12-13H2,1-3H3,(H,20,24). The minimum atomic E-state index is -3.64. The van der Waals surface area contributed by atoms with Crippen LogP contribution in [0.3, 0.4) is 0 Å². The lowest BCUT2D eigenvalue weighted by molar-refractivity contribution is -0.129. The highest BCUT2D eigenvalue weighted by atomic mass is 32.2.